The molecule has 140 valence electrons. The SMILES string of the molecule is CN(C)C(CNC(=O)Nc1cccc(-n2cccc2)c1)c1cccc(F)c1. The van der Waals surface area contributed by atoms with Gasteiger partial charge >= 0.3 is 6.03 Å². The van der Waals surface area contributed by atoms with E-state index in [1.54, 1.807) is 6.07 Å². The van der Waals surface area contributed by atoms with Gasteiger partial charge in [-0.3, -0.25) is 0 Å². The summed E-state index contributed by atoms with van der Waals surface area (Å²) in [5, 5.41) is 5.71. The summed E-state index contributed by atoms with van der Waals surface area (Å²) in [4.78, 5) is 14.3. The van der Waals surface area contributed by atoms with Gasteiger partial charge in [-0.2, -0.15) is 0 Å². The predicted octanol–water partition coefficient (Wildman–Crippen LogP) is 4.04. The highest BCUT2D eigenvalue weighted by molar-refractivity contribution is 5.89. The highest BCUT2D eigenvalue weighted by Gasteiger charge is 2.16. The Balaban J connectivity index is 1.62. The predicted molar refractivity (Wildman–Crippen MR) is 106 cm³/mol. The van der Waals surface area contributed by atoms with E-state index >= 15 is 0 Å². The second-order valence-corrected chi connectivity index (χ2v) is 6.51. The largest absolute Gasteiger partial charge is 0.336 e. The summed E-state index contributed by atoms with van der Waals surface area (Å²) in [5.41, 5.74) is 2.48. The van der Waals surface area contributed by atoms with Crippen molar-refractivity contribution in [2.24, 2.45) is 0 Å². The maximum Gasteiger partial charge on any atom is 0.319 e. The number of rotatable bonds is 6. The number of anilines is 1. The molecule has 0 saturated carbocycles. The quantitative estimate of drug-likeness (QED) is 0.692. The number of aromatic nitrogens is 1. The number of benzene rings is 2. The monoisotopic (exact) mass is 366 g/mol. The summed E-state index contributed by atoms with van der Waals surface area (Å²) in [7, 11) is 3.80. The molecule has 0 aliphatic heterocycles. The average Bonchev–Trinajstić information content (AvgIpc) is 3.16. The van der Waals surface area contributed by atoms with Gasteiger partial charge in [-0.15, -0.1) is 0 Å². The van der Waals surface area contributed by atoms with Gasteiger partial charge in [-0.1, -0.05) is 18.2 Å². The molecule has 3 aromatic rings. The van der Waals surface area contributed by atoms with E-state index in [0.29, 0.717) is 12.2 Å². The van der Waals surface area contributed by atoms with Gasteiger partial charge in [0.2, 0.25) is 0 Å². The van der Waals surface area contributed by atoms with E-state index in [2.05, 4.69) is 10.6 Å². The lowest BCUT2D eigenvalue weighted by Gasteiger charge is -2.25. The van der Waals surface area contributed by atoms with E-state index in [9.17, 15) is 9.18 Å². The first-order valence-corrected chi connectivity index (χ1v) is 8.73. The second-order valence-electron chi connectivity index (χ2n) is 6.51. The number of nitrogens with one attached hydrogen (secondary N) is 2. The highest BCUT2D eigenvalue weighted by atomic mass is 19.1. The molecule has 0 saturated heterocycles. The Hall–Kier alpha value is -3.12. The number of hydrogen-bond donors (Lipinski definition) is 2. The third-order valence-corrected chi connectivity index (χ3v) is 4.32. The van der Waals surface area contributed by atoms with E-state index in [1.165, 1.54) is 12.1 Å². The zero-order valence-electron chi connectivity index (χ0n) is 15.4. The molecule has 0 spiro atoms. The summed E-state index contributed by atoms with van der Waals surface area (Å²) in [6.07, 6.45) is 3.89. The molecular weight excluding hydrogens is 343 g/mol. The van der Waals surface area contributed by atoms with Crippen molar-refractivity contribution in [3.63, 3.8) is 0 Å². The number of carbonyl (C=O) groups is 1. The molecule has 2 amide bonds. The molecule has 2 aromatic carbocycles. The van der Waals surface area contributed by atoms with Crippen molar-refractivity contribution < 1.29 is 9.18 Å². The Labute approximate surface area is 158 Å². The normalized spacial score (nSPS) is 12.0. The second kappa shape index (κ2) is 8.51. The van der Waals surface area contributed by atoms with Crippen molar-refractivity contribution in [3.05, 3.63) is 84.4 Å². The Bertz CT molecular complexity index is 893. The van der Waals surface area contributed by atoms with Crippen LogP contribution in [0.25, 0.3) is 5.69 Å². The van der Waals surface area contributed by atoms with Crippen LogP contribution in [0.5, 0.6) is 0 Å². The Kier molecular flexibility index (Phi) is 5.88. The molecule has 2 N–H and O–H groups in total. The molecule has 0 aliphatic rings. The van der Waals surface area contributed by atoms with Gasteiger partial charge < -0.3 is 20.1 Å². The van der Waals surface area contributed by atoms with Gasteiger partial charge in [0.1, 0.15) is 5.82 Å². The molecule has 0 bridgehead atoms. The smallest absolute Gasteiger partial charge is 0.319 e. The fourth-order valence-corrected chi connectivity index (χ4v) is 2.93. The number of urea groups is 1. The minimum atomic E-state index is -0.303. The van der Waals surface area contributed by atoms with Crippen LogP contribution < -0.4 is 10.6 Å². The average molecular weight is 366 g/mol. The summed E-state index contributed by atoms with van der Waals surface area (Å²) < 4.78 is 15.5. The van der Waals surface area contributed by atoms with Crippen molar-refractivity contribution in [2.45, 2.75) is 6.04 Å². The minimum Gasteiger partial charge on any atom is -0.336 e. The van der Waals surface area contributed by atoms with Crippen LogP contribution in [0.2, 0.25) is 0 Å². The number of nitrogens with zero attached hydrogens (tertiary/aromatic N) is 2. The summed E-state index contributed by atoms with van der Waals surface area (Å²) in [6.45, 7) is 0.361. The summed E-state index contributed by atoms with van der Waals surface area (Å²) >= 11 is 0. The number of carbonyl (C=O) groups excluding carboxylic acids is 1. The van der Waals surface area contributed by atoms with Gasteiger partial charge in [-0.25, -0.2) is 9.18 Å². The lowest BCUT2D eigenvalue weighted by molar-refractivity contribution is 0.243. The van der Waals surface area contributed by atoms with Crippen LogP contribution in [0.4, 0.5) is 14.9 Å². The lowest BCUT2D eigenvalue weighted by Crippen LogP contribution is -2.36. The fourth-order valence-electron chi connectivity index (χ4n) is 2.93. The molecule has 6 heteroatoms. The van der Waals surface area contributed by atoms with Crippen LogP contribution >= 0.6 is 0 Å². The van der Waals surface area contributed by atoms with Crippen LogP contribution in [0, 0.1) is 5.82 Å². The van der Waals surface area contributed by atoms with Gasteiger partial charge in [0.05, 0.1) is 6.04 Å². The van der Waals surface area contributed by atoms with Crippen molar-refractivity contribution >= 4 is 11.7 Å². The summed E-state index contributed by atoms with van der Waals surface area (Å²) in [6, 6.07) is 17.5. The van der Waals surface area contributed by atoms with Gasteiger partial charge in [0.15, 0.2) is 0 Å². The van der Waals surface area contributed by atoms with Crippen molar-refractivity contribution in [1.29, 1.82) is 0 Å². The van der Waals surface area contributed by atoms with E-state index in [-0.39, 0.29) is 17.9 Å². The highest BCUT2D eigenvalue weighted by Crippen LogP contribution is 2.19. The molecule has 5 nitrogen and oxygen atoms in total. The van der Waals surface area contributed by atoms with E-state index in [0.717, 1.165) is 11.3 Å². The van der Waals surface area contributed by atoms with Crippen molar-refractivity contribution in [3.8, 4) is 5.69 Å². The van der Waals surface area contributed by atoms with E-state index < -0.39 is 0 Å². The fraction of sp³-hybridized carbons (Fsp3) is 0.190. The minimum absolute atomic E-state index is 0.127. The number of halogens is 1. The Morgan fingerprint density at radius 1 is 1.07 bits per heavy atom. The molecule has 1 unspecified atom stereocenters. The molecule has 1 heterocycles. The zero-order chi connectivity index (χ0) is 19.2. The number of hydrogen-bond acceptors (Lipinski definition) is 2. The van der Waals surface area contributed by atoms with E-state index in [1.807, 2.05) is 78.4 Å². The van der Waals surface area contributed by atoms with Crippen LogP contribution in [0.1, 0.15) is 11.6 Å². The molecular formula is C21H23FN4O. The van der Waals surface area contributed by atoms with Crippen molar-refractivity contribution in [2.75, 3.05) is 26.0 Å². The third kappa shape index (κ3) is 4.95. The van der Waals surface area contributed by atoms with Gasteiger partial charge in [-0.05, 0) is 62.1 Å². The standard InChI is InChI=1S/C21H23FN4O/c1-25(2)20(16-7-5-8-17(22)13-16)15-23-21(27)24-18-9-6-10-19(14-18)26-11-3-4-12-26/h3-14,20H,15H2,1-2H3,(H2,23,24,27). The first-order valence-electron chi connectivity index (χ1n) is 8.73. The molecule has 1 atom stereocenters. The Morgan fingerprint density at radius 3 is 2.52 bits per heavy atom. The van der Waals surface area contributed by atoms with E-state index in [4.69, 9.17) is 0 Å². The molecule has 0 fully saturated rings. The topological polar surface area (TPSA) is 49.3 Å². The number of amides is 2. The van der Waals surface area contributed by atoms with Crippen LogP contribution in [0.15, 0.2) is 73.1 Å². The maximum absolute atomic E-state index is 13.5. The molecule has 1 aromatic heterocycles. The van der Waals surface area contributed by atoms with Crippen molar-refractivity contribution in [1.82, 2.24) is 14.8 Å². The molecule has 0 aliphatic carbocycles. The summed E-state index contributed by atoms with van der Waals surface area (Å²) in [5.74, 6) is -0.286. The molecule has 3 rings (SSSR count). The number of likely N-dealkylation sites (N-methyl/N-ethyl adjacent to an activating group) is 1. The van der Waals surface area contributed by atoms with Gasteiger partial charge in [0, 0.05) is 30.3 Å². The van der Waals surface area contributed by atoms with Crippen LogP contribution in [0.3, 0.4) is 0 Å². The first-order chi connectivity index (χ1) is 13.0. The van der Waals surface area contributed by atoms with Crippen LogP contribution in [-0.4, -0.2) is 36.1 Å². The lowest BCUT2D eigenvalue weighted by atomic mass is 10.1. The first kappa shape index (κ1) is 18.7. The Morgan fingerprint density at radius 2 is 1.81 bits per heavy atom. The zero-order valence-corrected chi connectivity index (χ0v) is 15.4. The molecule has 0 radical (unpaired) electrons. The van der Waals surface area contributed by atoms with Gasteiger partial charge in [0.25, 0.3) is 0 Å². The van der Waals surface area contributed by atoms with Crippen LogP contribution in [-0.2, 0) is 0 Å². The maximum atomic E-state index is 13.5. The third-order valence-electron chi connectivity index (χ3n) is 4.32. The molecule has 27 heavy (non-hydrogen) atoms.